The smallest absolute Gasteiger partial charge is 0.0675 e. The first kappa shape index (κ1) is 15.3. The Kier molecular flexibility index (Phi) is 5.27. The van der Waals surface area contributed by atoms with E-state index in [1.54, 1.807) is 0 Å². The molecule has 2 atom stereocenters. The normalized spacial score (nSPS) is 41.4. The van der Waals surface area contributed by atoms with E-state index in [0.717, 1.165) is 25.6 Å². The van der Waals surface area contributed by atoms with Crippen molar-refractivity contribution in [3.63, 3.8) is 0 Å². The second kappa shape index (κ2) is 6.55. The van der Waals surface area contributed by atoms with Gasteiger partial charge in [-0.25, -0.2) is 0 Å². The maximum atomic E-state index is 6.21. The third-order valence-electron chi connectivity index (χ3n) is 5.33. The topological polar surface area (TPSA) is 38.5 Å². The number of ether oxygens (including phenoxy) is 1. The summed E-state index contributed by atoms with van der Waals surface area (Å²) in [6, 6.07) is 0.516. The van der Waals surface area contributed by atoms with E-state index < -0.39 is 0 Å². The molecule has 2 fully saturated rings. The average Bonchev–Trinajstić information content (AvgIpc) is 2.43. The van der Waals surface area contributed by atoms with Gasteiger partial charge in [0.1, 0.15) is 0 Å². The number of nitrogens with two attached hydrogens (primary N) is 1. The maximum Gasteiger partial charge on any atom is 0.0675 e. The van der Waals surface area contributed by atoms with Gasteiger partial charge in [-0.15, -0.1) is 0 Å². The first-order valence-electron chi connectivity index (χ1n) is 8.19. The molecule has 0 aromatic rings. The van der Waals surface area contributed by atoms with Crippen LogP contribution in [0.5, 0.6) is 0 Å². The van der Waals surface area contributed by atoms with Crippen LogP contribution in [0.1, 0.15) is 59.3 Å². The summed E-state index contributed by atoms with van der Waals surface area (Å²) in [5.41, 5.74) is 6.47. The lowest BCUT2D eigenvalue weighted by atomic mass is 9.73. The van der Waals surface area contributed by atoms with Crippen LogP contribution in [0.15, 0.2) is 0 Å². The van der Waals surface area contributed by atoms with Crippen molar-refractivity contribution < 1.29 is 4.74 Å². The quantitative estimate of drug-likeness (QED) is 0.852. The molecule has 0 aromatic heterocycles. The number of hydrogen-bond donors (Lipinski definition) is 1. The van der Waals surface area contributed by atoms with Gasteiger partial charge in [0.2, 0.25) is 0 Å². The van der Waals surface area contributed by atoms with Crippen LogP contribution in [0.2, 0.25) is 0 Å². The second-order valence-electron chi connectivity index (χ2n) is 6.81. The molecule has 0 bridgehead atoms. The zero-order valence-corrected chi connectivity index (χ0v) is 13.0. The van der Waals surface area contributed by atoms with Crippen LogP contribution in [0, 0.1) is 5.92 Å². The summed E-state index contributed by atoms with van der Waals surface area (Å²) in [6.07, 6.45) is 8.37. The van der Waals surface area contributed by atoms with Crippen LogP contribution in [-0.4, -0.2) is 42.3 Å². The maximum absolute atomic E-state index is 6.21. The molecule has 1 saturated heterocycles. The molecule has 2 rings (SSSR count). The van der Waals surface area contributed by atoms with Gasteiger partial charge in [-0.2, -0.15) is 0 Å². The van der Waals surface area contributed by atoms with Crippen LogP contribution in [0.3, 0.4) is 0 Å². The highest BCUT2D eigenvalue weighted by Gasteiger charge is 2.43. The summed E-state index contributed by atoms with van der Waals surface area (Å²) in [5, 5.41) is 0. The molecule has 2 N–H and O–H groups in total. The van der Waals surface area contributed by atoms with Gasteiger partial charge in [-0.3, -0.25) is 4.90 Å². The summed E-state index contributed by atoms with van der Waals surface area (Å²) in [6.45, 7) is 9.50. The minimum absolute atomic E-state index is 0.252. The molecular weight excluding hydrogens is 236 g/mol. The van der Waals surface area contributed by atoms with Crippen LogP contribution < -0.4 is 5.73 Å². The molecule has 1 saturated carbocycles. The number of hydrogen-bond acceptors (Lipinski definition) is 3. The Morgan fingerprint density at radius 2 is 1.95 bits per heavy atom. The number of rotatable bonds is 4. The second-order valence-corrected chi connectivity index (χ2v) is 6.81. The Hall–Kier alpha value is -0.120. The summed E-state index contributed by atoms with van der Waals surface area (Å²) in [4.78, 5) is 2.67. The lowest BCUT2D eigenvalue weighted by Gasteiger charge is -2.52. The third-order valence-corrected chi connectivity index (χ3v) is 5.33. The van der Waals surface area contributed by atoms with Gasteiger partial charge in [0.25, 0.3) is 0 Å². The summed E-state index contributed by atoms with van der Waals surface area (Å²) in [7, 11) is 0. The van der Waals surface area contributed by atoms with Crippen molar-refractivity contribution in [2.75, 3.05) is 19.7 Å². The van der Waals surface area contributed by atoms with E-state index in [2.05, 4.69) is 25.7 Å². The van der Waals surface area contributed by atoms with Crippen molar-refractivity contribution in [3.05, 3.63) is 0 Å². The average molecular weight is 268 g/mol. The molecule has 1 heterocycles. The Morgan fingerprint density at radius 1 is 1.26 bits per heavy atom. The molecular formula is C16H32N2O. The van der Waals surface area contributed by atoms with E-state index in [9.17, 15) is 0 Å². The zero-order chi connectivity index (χ0) is 13.9. The largest absolute Gasteiger partial charge is 0.376 e. The molecule has 0 radical (unpaired) electrons. The van der Waals surface area contributed by atoms with E-state index in [1.807, 2.05) is 0 Å². The third kappa shape index (κ3) is 3.32. The monoisotopic (exact) mass is 268 g/mol. The molecule has 2 aliphatic rings. The first-order valence-corrected chi connectivity index (χ1v) is 8.19. The van der Waals surface area contributed by atoms with Gasteiger partial charge >= 0.3 is 0 Å². The minimum Gasteiger partial charge on any atom is -0.376 e. The zero-order valence-electron chi connectivity index (χ0n) is 13.0. The Balaban J connectivity index is 2.02. The summed E-state index contributed by atoms with van der Waals surface area (Å²) < 4.78 is 5.78. The SMILES string of the molecule is CCCC1CCC(CN)(N2CC(C)OCC2C)CC1. The molecule has 1 aliphatic carbocycles. The van der Waals surface area contributed by atoms with Gasteiger partial charge in [-0.1, -0.05) is 19.8 Å². The van der Waals surface area contributed by atoms with Crippen LogP contribution in [-0.2, 0) is 4.74 Å². The van der Waals surface area contributed by atoms with Crippen molar-refractivity contribution in [2.45, 2.75) is 77.0 Å². The predicted octanol–water partition coefficient (Wildman–Crippen LogP) is 2.78. The fourth-order valence-electron chi connectivity index (χ4n) is 4.08. The van der Waals surface area contributed by atoms with Crippen LogP contribution >= 0.6 is 0 Å². The summed E-state index contributed by atoms with van der Waals surface area (Å²) >= 11 is 0. The Bertz CT molecular complexity index is 274. The highest BCUT2D eigenvalue weighted by Crippen LogP contribution is 2.39. The van der Waals surface area contributed by atoms with Crippen LogP contribution in [0.4, 0.5) is 0 Å². The highest BCUT2D eigenvalue weighted by molar-refractivity contribution is 4.99. The van der Waals surface area contributed by atoms with Crippen molar-refractivity contribution in [3.8, 4) is 0 Å². The number of morpholine rings is 1. The van der Waals surface area contributed by atoms with Gasteiger partial charge in [0.05, 0.1) is 12.7 Å². The standard InChI is InChI=1S/C16H32N2O/c1-4-5-15-6-8-16(12-17,9-7-15)18-10-14(3)19-11-13(18)2/h13-15H,4-12,17H2,1-3H3. The first-order chi connectivity index (χ1) is 9.11. The molecule has 3 heteroatoms. The van der Waals surface area contributed by atoms with E-state index in [-0.39, 0.29) is 5.54 Å². The Morgan fingerprint density at radius 3 is 2.53 bits per heavy atom. The Labute approximate surface area is 118 Å². The molecule has 2 unspecified atom stereocenters. The van der Waals surface area contributed by atoms with E-state index in [4.69, 9.17) is 10.5 Å². The van der Waals surface area contributed by atoms with Gasteiger partial charge < -0.3 is 10.5 Å². The molecule has 19 heavy (non-hydrogen) atoms. The van der Waals surface area contributed by atoms with Crippen molar-refractivity contribution in [2.24, 2.45) is 11.7 Å². The van der Waals surface area contributed by atoms with E-state index >= 15 is 0 Å². The molecule has 3 nitrogen and oxygen atoms in total. The lowest BCUT2D eigenvalue weighted by Crippen LogP contribution is -2.63. The van der Waals surface area contributed by atoms with E-state index in [0.29, 0.717) is 12.1 Å². The van der Waals surface area contributed by atoms with Crippen molar-refractivity contribution in [1.82, 2.24) is 4.90 Å². The fourth-order valence-corrected chi connectivity index (χ4v) is 4.08. The predicted molar refractivity (Wildman–Crippen MR) is 80.2 cm³/mol. The van der Waals surface area contributed by atoms with Crippen molar-refractivity contribution in [1.29, 1.82) is 0 Å². The number of nitrogens with zero attached hydrogens (tertiary/aromatic N) is 1. The lowest BCUT2D eigenvalue weighted by molar-refractivity contribution is -0.104. The molecule has 112 valence electrons. The highest BCUT2D eigenvalue weighted by atomic mass is 16.5. The van der Waals surface area contributed by atoms with Gasteiger partial charge in [0.15, 0.2) is 0 Å². The van der Waals surface area contributed by atoms with Gasteiger partial charge in [-0.05, 0) is 45.4 Å². The summed E-state index contributed by atoms with van der Waals surface area (Å²) in [5.74, 6) is 0.943. The minimum atomic E-state index is 0.252. The van der Waals surface area contributed by atoms with Crippen molar-refractivity contribution >= 4 is 0 Å². The molecule has 0 aromatic carbocycles. The molecule has 1 aliphatic heterocycles. The van der Waals surface area contributed by atoms with E-state index in [1.165, 1.54) is 38.5 Å². The van der Waals surface area contributed by atoms with Crippen LogP contribution in [0.25, 0.3) is 0 Å². The molecule has 0 amide bonds. The molecule has 0 spiro atoms. The van der Waals surface area contributed by atoms with Gasteiger partial charge in [0, 0.05) is 24.7 Å². The fraction of sp³-hybridized carbons (Fsp3) is 1.00.